The molecule has 2 fully saturated rings. The number of nitrogens with zero attached hydrogens (tertiary/aromatic N) is 6. The highest BCUT2D eigenvalue weighted by molar-refractivity contribution is 6.30. The summed E-state index contributed by atoms with van der Waals surface area (Å²) in [5.74, 6) is 1.00. The summed E-state index contributed by atoms with van der Waals surface area (Å²) in [6.07, 6.45) is 12.3. The number of carbonyl (C=O) groups is 1. The van der Waals surface area contributed by atoms with Crippen molar-refractivity contribution in [3.05, 3.63) is 94.3 Å². The summed E-state index contributed by atoms with van der Waals surface area (Å²) in [6, 6.07) is 18.8. The number of halogens is 1. The van der Waals surface area contributed by atoms with E-state index in [1.54, 1.807) is 0 Å². The predicted octanol–water partition coefficient (Wildman–Crippen LogP) is 5.34. The first kappa shape index (κ1) is 30.2. The van der Waals surface area contributed by atoms with Crippen molar-refractivity contribution in [1.29, 1.82) is 5.26 Å². The SMILES string of the molecule is CN1CCC(N(C)C(=O)c2ccc(CC3=NC4C(N5CCC(CCC#N)(c6ccc(Cl)cc6)CC5)=CC=CN4N3)cc2)CC1. The number of hydrazine groups is 1. The van der Waals surface area contributed by atoms with Gasteiger partial charge in [-0.25, -0.2) is 4.99 Å². The van der Waals surface area contributed by atoms with E-state index >= 15 is 0 Å². The molecule has 0 spiro atoms. The number of rotatable bonds is 8. The largest absolute Gasteiger partial charge is 0.371 e. The van der Waals surface area contributed by atoms with Gasteiger partial charge in [-0.3, -0.25) is 15.2 Å². The Kier molecular flexibility index (Phi) is 8.97. The third kappa shape index (κ3) is 6.36. The Balaban J connectivity index is 1.09. The monoisotopic (exact) mass is 611 g/mol. The van der Waals surface area contributed by atoms with E-state index < -0.39 is 0 Å². The number of amides is 1. The Labute approximate surface area is 266 Å². The molecule has 1 atom stereocenters. The molecule has 0 bridgehead atoms. The van der Waals surface area contributed by atoms with E-state index in [4.69, 9.17) is 16.6 Å². The average molecular weight is 612 g/mol. The van der Waals surface area contributed by atoms with Gasteiger partial charge >= 0.3 is 0 Å². The highest BCUT2D eigenvalue weighted by atomic mass is 35.5. The summed E-state index contributed by atoms with van der Waals surface area (Å²) >= 11 is 6.19. The maximum atomic E-state index is 13.2. The summed E-state index contributed by atoms with van der Waals surface area (Å²) in [5.41, 5.74) is 7.80. The zero-order chi connectivity index (χ0) is 30.7. The Bertz CT molecular complexity index is 1460. The zero-order valence-corrected chi connectivity index (χ0v) is 26.5. The molecule has 2 aromatic carbocycles. The van der Waals surface area contributed by atoms with E-state index in [1.165, 1.54) is 11.3 Å². The van der Waals surface area contributed by atoms with Crippen LogP contribution in [0, 0.1) is 11.3 Å². The summed E-state index contributed by atoms with van der Waals surface area (Å²) < 4.78 is 0. The molecule has 1 amide bonds. The normalized spacial score (nSPS) is 21.6. The maximum absolute atomic E-state index is 13.2. The van der Waals surface area contributed by atoms with Crippen LogP contribution in [0.1, 0.15) is 60.0 Å². The van der Waals surface area contributed by atoms with Crippen molar-refractivity contribution >= 4 is 23.3 Å². The second-order valence-electron chi connectivity index (χ2n) is 12.7. The molecule has 0 aliphatic carbocycles. The lowest BCUT2D eigenvalue weighted by molar-refractivity contribution is 0.0659. The van der Waals surface area contributed by atoms with Gasteiger partial charge in [-0.05, 0) is 105 Å². The van der Waals surface area contributed by atoms with E-state index in [1.807, 2.05) is 54.5 Å². The van der Waals surface area contributed by atoms with Crippen molar-refractivity contribution in [3.63, 3.8) is 0 Å². The number of carbonyl (C=O) groups excluding carboxylic acids is 1. The number of nitrogens with one attached hydrogen (secondary N) is 1. The number of nitriles is 1. The molecule has 0 radical (unpaired) electrons. The standard InChI is InChI=1S/C35H42ClN7O/c1-40-21-14-30(15-22-40)41(2)34(44)27-8-6-26(7-9-27)25-32-38-33-31(5-3-20-43(33)39-32)42-23-17-35(18-24-42,16-4-19-37)28-10-12-29(36)13-11-28/h3,5-13,20,30,33H,4,14-18,21-25H2,1-2H3,(H,38,39). The lowest BCUT2D eigenvalue weighted by atomic mass is 9.70. The van der Waals surface area contributed by atoms with Crippen molar-refractivity contribution in [2.45, 2.75) is 62.6 Å². The van der Waals surface area contributed by atoms with E-state index in [2.05, 4.69) is 57.6 Å². The number of fused-ring (bicyclic) bond motifs is 1. The molecule has 0 aromatic heterocycles. The van der Waals surface area contributed by atoms with Gasteiger partial charge in [-0.15, -0.1) is 0 Å². The molecule has 9 heteroatoms. The minimum Gasteiger partial charge on any atom is -0.371 e. The number of hydrogen-bond donors (Lipinski definition) is 1. The van der Waals surface area contributed by atoms with Crippen molar-refractivity contribution < 1.29 is 4.79 Å². The van der Waals surface area contributed by atoms with Crippen molar-refractivity contribution in [1.82, 2.24) is 25.1 Å². The van der Waals surface area contributed by atoms with Crippen LogP contribution in [0.4, 0.5) is 0 Å². The zero-order valence-electron chi connectivity index (χ0n) is 25.8. The van der Waals surface area contributed by atoms with Gasteiger partial charge in [0.25, 0.3) is 5.91 Å². The molecule has 0 saturated carbocycles. The van der Waals surface area contributed by atoms with E-state index in [0.29, 0.717) is 18.9 Å². The Morgan fingerprint density at radius 1 is 1.09 bits per heavy atom. The molecule has 6 rings (SSSR count). The first-order chi connectivity index (χ1) is 21.3. The van der Waals surface area contributed by atoms with Crippen LogP contribution >= 0.6 is 11.6 Å². The fourth-order valence-electron chi connectivity index (χ4n) is 7.14. The van der Waals surface area contributed by atoms with Crippen LogP contribution < -0.4 is 5.43 Å². The fraction of sp³-hybridized carbons (Fsp3) is 0.457. The molecule has 4 heterocycles. The minimum absolute atomic E-state index is 0.0145. The molecule has 1 unspecified atom stereocenters. The van der Waals surface area contributed by atoms with Gasteiger partial charge < -0.3 is 14.7 Å². The number of likely N-dealkylation sites (tertiary alicyclic amines) is 2. The van der Waals surface area contributed by atoms with Gasteiger partial charge in [0.05, 0.1) is 11.8 Å². The number of piperidine rings is 2. The van der Waals surface area contributed by atoms with E-state index in [-0.39, 0.29) is 17.5 Å². The second kappa shape index (κ2) is 13.1. The van der Waals surface area contributed by atoms with Crippen molar-refractivity contribution in [2.75, 3.05) is 40.3 Å². The van der Waals surface area contributed by atoms with Gasteiger partial charge in [0.1, 0.15) is 5.84 Å². The van der Waals surface area contributed by atoms with Crippen LogP contribution in [0.5, 0.6) is 0 Å². The molecule has 2 aromatic rings. The number of benzene rings is 2. The number of allylic oxidation sites excluding steroid dienone is 2. The summed E-state index contributed by atoms with van der Waals surface area (Å²) in [4.78, 5) is 25.0. The van der Waals surface area contributed by atoms with Gasteiger partial charge in [-0.1, -0.05) is 35.9 Å². The maximum Gasteiger partial charge on any atom is 0.253 e. The predicted molar refractivity (Wildman–Crippen MR) is 175 cm³/mol. The highest BCUT2D eigenvalue weighted by Gasteiger charge is 2.39. The van der Waals surface area contributed by atoms with Crippen LogP contribution in [-0.2, 0) is 11.8 Å². The molecule has 1 N–H and O–H groups in total. The van der Waals surface area contributed by atoms with Crippen LogP contribution in [0.25, 0.3) is 0 Å². The lowest BCUT2D eigenvalue weighted by Crippen LogP contribution is -2.47. The first-order valence-corrected chi connectivity index (χ1v) is 16.2. The Hall–Kier alpha value is -3.80. The fourth-order valence-corrected chi connectivity index (χ4v) is 7.26. The van der Waals surface area contributed by atoms with Crippen LogP contribution in [0.2, 0.25) is 5.02 Å². The molecule has 8 nitrogen and oxygen atoms in total. The Morgan fingerprint density at radius 3 is 2.48 bits per heavy atom. The van der Waals surface area contributed by atoms with Gasteiger partial charge in [-0.2, -0.15) is 5.26 Å². The van der Waals surface area contributed by atoms with Crippen molar-refractivity contribution in [2.24, 2.45) is 4.99 Å². The van der Waals surface area contributed by atoms with Crippen LogP contribution in [0.15, 0.2) is 77.6 Å². The number of hydrogen-bond acceptors (Lipinski definition) is 7. The van der Waals surface area contributed by atoms with Crippen LogP contribution in [-0.4, -0.2) is 83.9 Å². The molecule has 44 heavy (non-hydrogen) atoms. The quantitative estimate of drug-likeness (QED) is 0.434. The smallest absolute Gasteiger partial charge is 0.253 e. The lowest BCUT2D eigenvalue weighted by Gasteiger charge is -2.45. The van der Waals surface area contributed by atoms with Gasteiger partial charge in [0, 0.05) is 55.8 Å². The first-order valence-electron chi connectivity index (χ1n) is 15.8. The third-order valence-corrected chi connectivity index (χ3v) is 10.2. The van der Waals surface area contributed by atoms with Gasteiger partial charge in [0.2, 0.25) is 0 Å². The number of aliphatic imine (C=N–C) groups is 1. The van der Waals surface area contributed by atoms with Crippen molar-refractivity contribution in [3.8, 4) is 6.07 Å². The minimum atomic E-state index is -0.110. The second-order valence-corrected chi connectivity index (χ2v) is 13.1. The topological polar surface area (TPSA) is 78.2 Å². The third-order valence-electron chi connectivity index (χ3n) is 9.96. The number of amidine groups is 1. The molecular formula is C35H42ClN7O. The van der Waals surface area contributed by atoms with Gasteiger partial charge in [0.15, 0.2) is 6.17 Å². The molecule has 4 aliphatic rings. The molecule has 230 valence electrons. The average Bonchev–Trinajstić information content (AvgIpc) is 3.47. The van der Waals surface area contributed by atoms with Crippen LogP contribution in [0.3, 0.4) is 0 Å². The summed E-state index contributed by atoms with van der Waals surface area (Å²) in [6.45, 7) is 3.88. The van der Waals surface area contributed by atoms with E-state index in [9.17, 15) is 10.1 Å². The molecular weight excluding hydrogens is 570 g/mol. The summed E-state index contributed by atoms with van der Waals surface area (Å²) in [5, 5.41) is 12.2. The summed E-state index contributed by atoms with van der Waals surface area (Å²) in [7, 11) is 4.07. The highest BCUT2D eigenvalue weighted by Crippen LogP contribution is 2.41. The van der Waals surface area contributed by atoms with E-state index in [0.717, 1.165) is 80.3 Å². The molecule has 2 saturated heterocycles. The Morgan fingerprint density at radius 2 is 1.80 bits per heavy atom. The molecule has 4 aliphatic heterocycles.